The van der Waals surface area contributed by atoms with E-state index in [0.29, 0.717) is 18.5 Å². The number of nitrogens with one attached hydrogen (secondary N) is 2. The first-order chi connectivity index (χ1) is 8.15. The van der Waals surface area contributed by atoms with E-state index in [2.05, 4.69) is 9.97 Å². The maximum atomic E-state index is 11.1. The Morgan fingerprint density at radius 3 is 2.53 bits per heavy atom. The Labute approximate surface area is 97.3 Å². The first-order valence-corrected chi connectivity index (χ1v) is 5.31. The second kappa shape index (κ2) is 4.69. The Balaban J connectivity index is 2.15. The Bertz CT molecular complexity index is 600. The minimum absolute atomic E-state index is 0.384. The van der Waals surface area contributed by atoms with Crippen LogP contribution in [0.25, 0.3) is 0 Å². The maximum absolute atomic E-state index is 11.1. The average Bonchev–Trinajstić information content (AvgIpc) is 2.27. The number of nitrogen functional groups attached to an aromatic ring is 1. The van der Waals surface area contributed by atoms with E-state index in [-0.39, 0.29) is 5.56 Å². The molecule has 0 fully saturated rings. The van der Waals surface area contributed by atoms with Crippen molar-refractivity contribution in [1.82, 2.24) is 9.97 Å². The first kappa shape index (κ1) is 11.2. The third kappa shape index (κ3) is 2.84. The van der Waals surface area contributed by atoms with Crippen molar-refractivity contribution >= 4 is 5.69 Å². The van der Waals surface area contributed by atoms with Crippen LogP contribution in [0.4, 0.5) is 5.69 Å². The lowest BCUT2D eigenvalue weighted by molar-refractivity contribution is 0.873. The fourth-order valence-corrected chi connectivity index (χ4v) is 1.69. The normalized spacial score (nSPS) is 10.4. The molecule has 4 N–H and O–H groups in total. The Morgan fingerprint density at radius 2 is 1.82 bits per heavy atom. The van der Waals surface area contributed by atoms with E-state index in [0.717, 1.165) is 11.3 Å². The summed E-state index contributed by atoms with van der Waals surface area (Å²) >= 11 is 0. The number of aryl methyl sites for hydroxylation is 2. The predicted molar refractivity (Wildman–Crippen MR) is 65.9 cm³/mol. The molecule has 0 saturated heterocycles. The molecule has 0 saturated carbocycles. The van der Waals surface area contributed by atoms with E-state index in [1.54, 1.807) is 0 Å². The lowest BCUT2D eigenvalue weighted by Gasteiger charge is -2.04. The van der Waals surface area contributed by atoms with Crippen LogP contribution in [0, 0.1) is 0 Å². The minimum Gasteiger partial charge on any atom is -0.399 e. The van der Waals surface area contributed by atoms with Gasteiger partial charge in [-0.05, 0) is 24.5 Å². The molecule has 0 unspecified atom stereocenters. The second-order valence-electron chi connectivity index (χ2n) is 3.81. The highest BCUT2D eigenvalue weighted by atomic mass is 16.2. The quantitative estimate of drug-likeness (QED) is 0.669. The lowest BCUT2D eigenvalue weighted by Crippen LogP contribution is -2.23. The summed E-state index contributed by atoms with van der Waals surface area (Å²) in [5.41, 5.74) is 7.28. The van der Waals surface area contributed by atoms with Crippen LogP contribution in [0.2, 0.25) is 0 Å². The number of rotatable bonds is 3. The zero-order valence-electron chi connectivity index (χ0n) is 9.19. The molecular formula is C12H13N3O2. The van der Waals surface area contributed by atoms with E-state index in [1.807, 2.05) is 24.3 Å². The van der Waals surface area contributed by atoms with E-state index in [1.165, 1.54) is 6.07 Å². The van der Waals surface area contributed by atoms with E-state index in [9.17, 15) is 9.59 Å². The van der Waals surface area contributed by atoms with Crippen molar-refractivity contribution in [3.05, 3.63) is 62.4 Å². The zero-order valence-corrected chi connectivity index (χ0v) is 9.19. The molecule has 0 aliphatic carbocycles. The predicted octanol–water partition coefficient (Wildman–Crippen LogP) is 0.431. The van der Waals surface area contributed by atoms with Crippen LogP contribution in [0.3, 0.4) is 0 Å². The molecule has 0 bridgehead atoms. The highest BCUT2D eigenvalue weighted by Gasteiger charge is 2.01. The van der Waals surface area contributed by atoms with Crippen molar-refractivity contribution in [3.63, 3.8) is 0 Å². The van der Waals surface area contributed by atoms with Gasteiger partial charge >= 0.3 is 5.69 Å². The van der Waals surface area contributed by atoms with Crippen molar-refractivity contribution in [1.29, 1.82) is 0 Å². The van der Waals surface area contributed by atoms with Crippen LogP contribution in [-0.4, -0.2) is 9.97 Å². The molecule has 1 heterocycles. The minimum atomic E-state index is -0.478. The molecule has 5 nitrogen and oxygen atoms in total. The van der Waals surface area contributed by atoms with Crippen molar-refractivity contribution in [2.75, 3.05) is 5.73 Å². The van der Waals surface area contributed by atoms with Gasteiger partial charge in [0, 0.05) is 17.4 Å². The summed E-state index contributed by atoms with van der Waals surface area (Å²) in [7, 11) is 0. The van der Waals surface area contributed by atoms with Gasteiger partial charge in [0.15, 0.2) is 0 Å². The number of nitrogens with two attached hydrogens (primary N) is 1. The van der Waals surface area contributed by atoms with Gasteiger partial charge in [-0.3, -0.25) is 9.78 Å². The maximum Gasteiger partial charge on any atom is 0.325 e. The second-order valence-corrected chi connectivity index (χ2v) is 3.81. The number of aromatic amines is 2. The number of hydrogen-bond acceptors (Lipinski definition) is 3. The highest BCUT2D eigenvalue weighted by Crippen LogP contribution is 2.12. The Morgan fingerprint density at radius 1 is 1.06 bits per heavy atom. The molecule has 1 aromatic heterocycles. The van der Waals surface area contributed by atoms with Crippen LogP contribution in [-0.2, 0) is 12.8 Å². The third-order valence-corrected chi connectivity index (χ3v) is 2.53. The van der Waals surface area contributed by atoms with Crippen molar-refractivity contribution in [2.24, 2.45) is 0 Å². The molecule has 0 atom stereocenters. The number of H-pyrrole nitrogens is 2. The van der Waals surface area contributed by atoms with Gasteiger partial charge < -0.3 is 10.7 Å². The molecule has 0 spiro atoms. The summed E-state index contributed by atoms with van der Waals surface area (Å²) in [5.74, 6) is 0. The lowest BCUT2D eigenvalue weighted by atomic mass is 10.1. The highest BCUT2D eigenvalue weighted by molar-refractivity contribution is 5.46. The van der Waals surface area contributed by atoms with Crippen LogP contribution in [0.5, 0.6) is 0 Å². The summed E-state index contributed by atoms with van der Waals surface area (Å²) < 4.78 is 0. The number of para-hydroxylation sites is 1. The molecule has 2 aromatic rings. The summed E-state index contributed by atoms with van der Waals surface area (Å²) in [4.78, 5) is 26.9. The van der Waals surface area contributed by atoms with Gasteiger partial charge in [-0.25, -0.2) is 4.79 Å². The molecule has 17 heavy (non-hydrogen) atoms. The fourth-order valence-electron chi connectivity index (χ4n) is 1.69. The molecule has 0 radical (unpaired) electrons. The van der Waals surface area contributed by atoms with Crippen LogP contribution in [0.1, 0.15) is 11.3 Å². The molecule has 88 valence electrons. The number of benzene rings is 1. The molecule has 1 aromatic carbocycles. The number of hydrogen-bond donors (Lipinski definition) is 3. The van der Waals surface area contributed by atoms with E-state index in [4.69, 9.17) is 5.73 Å². The summed E-state index contributed by atoms with van der Waals surface area (Å²) in [5, 5.41) is 0. The monoisotopic (exact) mass is 231 g/mol. The van der Waals surface area contributed by atoms with Gasteiger partial charge in [0.2, 0.25) is 0 Å². The van der Waals surface area contributed by atoms with Crippen molar-refractivity contribution < 1.29 is 0 Å². The first-order valence-electron chi connectivity index (χ1n) is 5.31. The van der Waals surface area contributed by atoms with Crippen molar-refractivity contribution in [2.45, 2.75) is 12.8 Å². The van der Waals surface area contributed by atoms with Crippen LogP contribution < -0.4 is 17.0 Å². The molecule has 0 amide bonds. The smallest absolute Gasteiger partial charge is 0.325 e. The molecule has 0 aliphatic heterocycles. The van der Waals surface area contributed by atoms with Crippen LogP contribution >= 0.6 is 0 Å². The van der Waals surface area contributed by atoms with Gasteiger partial charge in [0.1, 0.15) is 0 Å². The van der Waals surface area contributed by atoms with Gasteiger partial charge in [0.05, 0.1) is 0 Å². The SMILES string of the molecule is Nc1ccccc1CCc1cc(=O)[nH]c(=O)[nH]1. The third-order valence-electron chi connectivity index (χ3n) is 2.53. The summed E-state index contributed by atoms with van der Waals surface area (Å²) in [6, 6.07) is 8.93. The zero-order chi connectivity index (χ0) is 12.3. The Hall–Kier alpha value is -2.30. The molecule has 5 heteroatoms. The van der Waals surface area contributed by atoms with Crippen LogP contribution in [0.15, 0.2) is 39.9 Å². The number of aromatic nitrogens is 2. The van der Waals surface area contributed by atoms with Gasteiger partial charge in [-0.1, -0.05) is 18.2 Å². The van der Waals surface area contributed by atoms with Gasteiger partial charge in [-0.15, -0.1) is 0 Å². The van der Waals surface area contributed by atoms with Gasteiger partial charge in [0.25, 0.3) is 5.56 Å². The summed E-state index contributed by atoms with van der Waals surface area (Å²) in [6.45, 7) is 0. The van der Waals surface area contributed by atoms with Crippen molar-refractivity contribution in [3.8, 4) is 0 Å². The Kier molecular flexibility index (Phi) is 3.09. The topological polar surface area (TPSA) is 91.7 Å². The van der Waals surface area contributed by atoms with E-state index < -0.39 is 5.69 Å². The summed E-state index contributed by atoms with van der Waals surface area (Å²) in [6.07, 6.45) is 1.26. The molecule has 0 aliphatic rings. The van der Waals surface area contributed by atoms with E-state index >= 15 is 0 Å². The average molecular weight is 231 g/mol. The fraction of sp³-hybridized carbons (Fsp3) is 0.167. The molecule has 2 rings (SSSR count). The van der Waals surface area contributed by atoms with Gasteiger partial charge in [-0.2, -0.15) is 0 Å². The standard InChI is InChI=1S/C12H13N3O2/c13-10-4-2-1-3-8(10)5-6-9-7-11(16)15-12(17)14-9/h1-4,7H,5-6,13H2,(H2,14,15,16,17). The largest absolute Gasteiger partial charge is 0.399 e. The molecular weight excluding hydrogens is 218 g/mol. The number of anilines is 1.